The van der Waals surface area contributed by atoms with Crippen molar-refractivity contribution >= 4 is 0 Å². The number of hydrogen-bond acceptors (Lipinski definition) is 6. The highest BCUT2D eigenvalue weighted by Crippen LogP contribution is -0.284. The van der Waals surface area contributed by atoms with Crippen molar-refractivity contribution in [1.29, 1.82) is 0 Å². The zero-order valence-corrected chi connectivity index (χ0v) is 8.68. The Balaban J connectivity index is 0. The zero-order valence-electron chi connectivity index (χ0n) is 8.68. The lowest BCUT2D eigenvalue weighted by Gasteiger charge is -0.871. The van der Waals surface area contributed by atoms with Gasteiger partial charge in [-0.3, -0.25) is 0 Å². The second-order valence-electron chi connectivity index (χ2n) is 0. The average Bonchev–Trinajstić information content (AvgIpc) is 0. The highest BCUT2D eigenvalue weighted by atomic mass is 16.0. The van der Waals surface area contributed by atoms with E-state index in [4.69, 9.17) is 0 Å². The van der Waals surface area contributed by atoms with Crippen LogP contribution in [0.2, 0.25) is 0 Å². The molecule has 96 valence electrons. The molecule has 0 aliphatic rings. The Hall–Kier alpha value is -0.480. The van der Waals surface area contributed by atoms with Gasteiger partial charge in [0, 0.05) is 0 Å². The van der Waals surface area contributed by atoms with Gasteiger partial charge in [0.05, 0.1) is 0 Å². The first-order valence-corrected chi connectivity index (χ1v) is 0. The van der Waals surface area contributed by atoms with Crippen LogP contribution in [0.15, 0.2) is 0 Å². The maximum atomic E-state index is 0. The van der Waals surface area contributed by atoms with Crippen LogP contribution in [0, 0.1) is 0 Å². The molecule has 0 rings (SSSR count). The van der Waals surface area contributed by atoms with Gasteiger partial charge in [0.15, 0.2) is 0 Å². The summed E-state index contributed by atoms with van der Waals surface area (Å²) in [6.07, 6.45) is 0. The van der Waals surface area contributed by atoms with Crippen LogP contribution in [0.4, 0.5) is 0 Å². The van der Waals surface area contributed by atoms with E-state index in [0.717, 1.165) is 0 Å². The monoisotopic (exact) mass is 210 g/mol. The SMILES string of the molecule is [NH4+].[NH4+].[NH4+].[NH4+].[NH4+].[NH4+].[OH-].[OH-].[OH-].[OH-].[OH-].[OH-]. The standard InChI is InChI=1S/6H3N.6H2O/h6*1H3;6*1H2. The van der Waals surface area contributed by atoms with Gasteiger partial charge in [-0.2, -0.15) is 0 Å². The molecule has 0 radical (unpaired) electrons. The molecular weight excluding hydrogens is 180 g/mol. The molecule has 0 unspecified atom stereocenters. The van der Waals surface area contributed by atoms with Gasteiger partial charge in [-0.1, -0.05) is 0 Å². The van der Waals surface area contributed by atoms with Gasteiger partial charge < -0.3 is 69.8 Å². The van der Waals surface area contributed by atoms with Crippen LogP contribution in [0.25, 0.3) is 0 Å². The molecule has 0 atom stereocenters. The smallest absolute Gasteiger partial charge is 0.369 e. The fraction of sp³-hybridized carbons (Fsp3) is 0. The third-order valence-electron chi connectivity index (χ3n) is 0. The van der Waals surface area contributed by atoms with E-state index in [1.807, 2.05) is 0 Å². The number of hydrogen-bond donors (Lipinski definition) is 6. The molecule has 0 aliphatic carbocycles. The summed E-state index contributed by atoms with van der Waals surface area (Å²) >= 11 is 0. The van der Waals surface area contributed by atoms with Crippen molar-refractivity contribution in [2.24, 2.45) is 0 Å². The normalized spacial score (nSPS) is 0. The van der Waals surface area contributed by atoms with Crippen LogP contribution >= 0.6 is 0 Å². The van der Waals surface area contributed by atoms with Gasteiger partial charge in [0.25, 0.3) is 0 Å². The van der Waals surface area contributed by atoms with Crippen LogP contribution in [0.5, 0.6) is 0 Å². The molecule has 0 saturated carbocycles. The Morgan fingerprint density at radius 3 is 0.167 bits per heavy atom. The Bertz CT molecular complexity index is 12.0. The molecule has 0 fully saturated rings. The molecule has 0 amide bonds. The first-order chi connectivity index (χ1) is 0. The Kier molecular flexibility index (Phi) is 1910000. The highest BCUT2D eigenvalue weighted by molar-refractivity contribution is 2.14. The quantitative estimate of drug-likeness (QED) is 0.340. The van der Waals surface area contributed by atoms with Gasteiger partial charge in [-0.05, 0) is 0 Å². The van der Waals surface area contributed by atoms with Crippen LogP contribution in [-0.2, 0) is 0 Å². The lowest BCUT2D eigenvalue weighted by molar-refractivity contribution is 0.823. The van der Waals surface area contributed by atoms with E-state index in [0.29, 0.717) is 0 Å². The Labute approximate surface area is 71.1 Å². The minimum absolute atomic E-state index is 0. The van der Waals surface area contributed by atoms with E-state index >= 15 is 0 Å². The van der Waals surface area contributed by atoms with Crippen molar-refractivity contribution in [1.82, 2.24) is 36.9 Å². The molecule has 30 N–H and O–H groups in total. The van der Waals surface area contributed by atoms with Gasteiger partial charge in [-0.25, -0.2) is 0 Å². The Morgan fingerprint density at radius 1 is 0.167 bits per heavy atom. The summed E-state index contributed by atoms with van der Waals surface area (Å²) < 4.78 is 0. The molecule has 12 heavy (non-hydrogen) atoms. The van der Waals surface area contributed by atoms with Crippen LogP contribution < -0.4 is 36.9 Å². The maximum absolute atomic E-state index is 0. The third kappa shape index (κ3) is 3000. The summed E-state index contributed by atoms with van der Waals surface area (Å²) in [5.74, 6) is 0. The van der Waals surface area contributed by atoms with E-state index in [1.165, 1.54) is 0 Å². The average molecular weight is 210 g/mol. The molecule has 12 nitrogen and oxygen atoms in total. The fourth-order valence-electron chi connectivity index (χ4n) is 0. The lowest BCUT2D eigenvalue weighted by Crippen LogP contribution is -0.482. The van der Waals surface area contributed by atoms with Gasteiger partial charge >= 0.3 is 0 Å². The van der Waals surface area contributed by atoms with Crippen molar-refractivity contribution in [2.75, 3.05) is 0 Å². The third-order valence-corrected chi connectivity index (χ3v) is 0. The summed E-state index contributed by atoms with van der Waals surface area (Å²) in [6, 6.07) is 0. The van der Waals surface area contributed by atoms with Crippen molar-refractivity contribution in [2.45, 2.75) is 0 Å². The largest absolute Gasteiger partial charge is 0.870 e. The second kappa shape index (κ2) is 4140. The first-order valence-electron chi connectivity index (χ1n) is 0. The van der Waals surface area contributed by atoms with E-state index in [2.05, 4.69) is 0 Å². The van der Waals surface area contributed by atoms with E-state index in [-0.39, 0.29) is 69.8 Å². The minimum Gasteiger partial charge on any atom is -0.870 e. The molecular formula is H30N6O6. The van der Waals surface area contributed by atoms with E-state index < -0.39 is 0 Å². The van der Waals surface area contributed by atoms with E-state index in [1.54, 1.807) is 0 Å². The number of quaternary nitrogens is 6. The maximum Gasteiger partial charge on any atom is -0.369 e. The van der Waals surface area contributed by atoms with E-state index in [9.17, 15) is 0 Å². The summed E-state index contributed by atoms with van der Waals surface area (Å²) in [7, 11) is 0. The van der Waals surface area contributed by atoms with Crippen LogP contribution in [0.3, 0.4) is 0 Å². The second-order valence-corrected chi connectivity index (χ2v) is 0. The molecule has 12 heteroatoms. The summed E-state index contributed by atoms with van der Waals surface area (Å²) in [5, 5.41) is 0. The molecule has 0 aromatic carbocycles. The predicted octanol–water partition coefficient (Wildman–Crippen LogP) is 1.20. The van der Waals surface area contributed by atoms with Crippen molar-refractivity contribution in [3.8, 4) is 0 Å². The summed E-state index contributed by atoms with van der Waals surface area (Å²) in [4.78, 5) is 0. The summed E-state index contributed by atoms with van der Waals surface area (Å²) in [5.41, 5.74) is 0. The van der Waals surface area contributed by atoms with Gasteiger partial charge in [0.1, 0.15) is 0 Å². The Morgan fingerprint density at radius 2 is 0.167 bits per heavy atom. The predicted molar refractivity (Wildman–Crippen MR) is 47.5 cm³/mol. The molecule has 0 aromatic rings. The lowest BCUT2D eigenvalue weighted by atomic mass is 14.0. The highest BCUT2D eigenvalue weighted by Gasteiger charge is -0.364. The minimum atomic E-state index is 0. The molecule has 0 spiro atoms. The molecule has 0 aromatic heterocycles. The molecule has 0 bridgehead atoms. The topological polar surface area (TPSA) is 399 Å². The zero-order chi connectivity index (χ0) is 0. The molecule has 0 saturated heterocycles. The summed E-state index contributed by atoms with van der Waals surface area (Å²) in [6.45, 7) is 0. The fourth-order valence-corrected chi connectivity index (χ4v) is 0. The van der Waals surface area contributed by atoms with Crippen molar-refractivity contribution in [3.63, 3.8) is 0 Å². The molecule has 0 aliphatic heterocycles. The van der Waals surface area contributed by atoms with Crippen molar-refractivity contribution in [3.05, 3.63) is 0 Å². The molecule has 0 heterocycles. The van der Waals surface area contributed by atoms with Gasteiger partial charge in [0.2, 0.25) is 0 Å². The van der Waals surface area contributed by atoms with Crippen LogP contribution in [0.1, 0.15) is 0 Å². The number of rotatable bonds is 0. The van der Waals surface area contributed by atoms with Crippen molar-refractivity contribution < 1.29 is 32.9 Å². The first kappa shape index (κ1) is 5530. The van der Waals surface area contributed by atoms with Gasteiger partial charge in [-0.15, -0.1) is 0 Å². The van der Waals surface area contributed by atoms with Crippen LogP contribution in [-0.4, -0.2) is 32.9 Å².